The second-order valence-corrected chi connectivity index (χ2v) is 20.7. The average Bonchev–Trinajstić information content (AvgIpc) is 3.49. The molecule has 2 aliphatic rings. The highest BCUT2D eigenvalue weighted by molar-refractivity contribution is 8.00. The van der Waals surface area contributed by atoms with Gasteiger partial charge in [0.25, 0.3) is 0 Å². The third-order valence-electron chi connectivity index (χ3n) is 8.70. The Hall–Kier alpha value is -2.04. The lowest BCUT2D eigenvalue weighted by atomic mass is 9.99. The number of nitrogens with one attached hydrogen (secondary N) is 1. The predicted octanol–water partition coefficient (Wildman–Crippen LogP) is 6.47. The molecular formula is C31H50N2O6SSi. The van der Waals surface area contributed by atoms with E-state index in [0.717, 1.165) is 5.56 Å². The van der Waals surface area contributed by atoms with Gasteiger partial charge in [0.1, 0.15) is 11.6 Å². The number of carboxylic acid groups (broad SMARTS) is 1. The normalized spacial score (nSPS) is 25.8. The Balaban J connectivity index is 1.95. The maximum Gasteiger partial charge on any atom is 0.412 e. The van der Waals surface area contributed by atoms with Gasteiger partial charge in [-0.2, -0.15) is 0 Å². The Kier molecular flexibility index (Phi) is 9.72. The molecule has 2 fully saturated rings. The van der Waals surface area contributed by atoms with Crippen LogP contribution in [0, 0.1) is 11.8 Å². The summed E-state index contributed by atoms with van der Waals surface area (Å²) in [5, 5.41) is 13.3. The van der Waals surface area contributed by atoms with Crippen LogP contribution in [-0.2, 0) is 18.8 Å². The van der Waals surface area contributed by atoms with Gasteiger partial charge in [0.15, 0.2) is 8.32 Å². The Morgan fingerprint density at radius 3 is 2.20 bits per heavy atom. The molecule has 1 aromatic rings. The number of nitrogens with zero attached hydrogens (tertiary/aromatic N) is 1. The molecule has 0 unspecified atom stereocenters. The van der Waals surface area contributed by atoms with Crippen molar-refractivity contribution in [3.05, 3.63) is 35.9 Å². The van der Waals surface area contributed by atoms with Gasteiger partial charge in [0.2, 0.25) is 5.91 Å². The standard InChI is InChI=1S/C31H50N2O6SSi/c1-12-20(32-26(34)21-18-40-31(8,9)33(21)28(37)38-29(2,3)4)25(39-41(10,11)30(5,6)7)23-22(24(23)27(35)36)19-16-14-13-15-17-19/h13-17,20-25H,12,18H2,1-11H3,(H,32,34)(H,35,36)/t20-,21-,22+,23-,24+,25+/m0/s1. The molecule has 41 heavy (non-hydrogen) atoms. The van der Waals surface area contributed by atoms with Gasteiger partial charge in [-0.15, -0.1) is 11.8 Å². The summed E-state index contributed by atoms with van der Waals surface area (Å²) in [4.78, 5) is 40.6. The maximum absolute atomic E-state index is 13.9. The second kappa shape index (κ2) is 11.9. The van der Waals surface area contributed by atoms with E-state index < -0.39 is 55.0 Å². The van der Waals surface area contributed by atoms with E-state index in [1.807, 2.05) is 71.9 Å². The van der Waals surface area contributed by atoms with E-state index in [-0.39, 0.29) is 22.8 Å². The van der Waals surface area contributed by atoms with E-state index in [0.29, 0.717) is 12.2 Å². The number of ether oxygens (including phenoxy) is 1. The van der Waals surface area contributed by atoms with Gasteiger partial charge in [-0.3, -0.25) is 14.5 Å². The summed E-state index contributed by atoms with van der Waals surface area (Å²) in [5.41, 5.74) is 0.278. The minimum absolute atomic E-state index is 0.108. The zero-order chi connectivity index (χ0) is 31.1. The average molecular weight is 607 g/mol. The van der Waals surface area contributed by atoms with Crippen LogP contribution in [0.25, 0.3) is 0 Å². The lowest BCUT2D eigenvalue weighted by Gasteiger charge is -2.42. The number of benzene rings is 1. The van der Waals surface area contributed by atoms with Crippen molar-refractivity contribution in [3.8, 4) is 0 Å². The second-order valence-electron chi connectivity index (χ2n) is 14.4. The van der Waals surface area contributed by atoms with Crippen LogP contribution >= 0.6 is 11.8 Å². The fourth-order valence-electron chi connectivity index (χ4n) is 5.46. The van der Waals surface area contributed by atoms with Crippen molar-refractivity contribution in [3.63, 3.8) is 0 Å². The maximum atomic E-state index is 13.9. The van der Waals surface area contributed by atoms with E-state index in [2.05, 4.69) is 39.2 Å². The molecule has 2 amide bonds. The number of aliphatic carboxylic acids is 1. The van der Waals surface area contributed by atoms with Gasteiger partial charge in [0, 0.05) is 17.6 Å². The first-order valence-electron chi connectivity index (χ1n) is 14.6. The minimum atomic E-state index is -2.36. The molecular weight excluding hydrogens is 557 g/mol. The fourth-order valence-corrected chi connectivity index (χ4v) is 8.02. The van der Waals surface area contributed by atoms with Gasteiger partial charge in [0.05, 0.1) is 22.9 Å². The molecule has 0 spiro atoms. The molecule has 8 nitrogen and oxygen atoms in total. The molecule has 1 aliphatic heterocycles. The summed E-state index contributed by atoms with van der Waals surface area (Å²) in [6.45, 7) is 22.0. The van der Waals surface area contributed by atoms with Crippen molar-refractivity contribution in [1.82, 2.24) is 10.2 Å². The van der Waals surface area contributed by atoms with Crippen molar-refractivity contribution in [2.24, 2.45) is 11.8 Å². The predicted molar refractivity (Wildman–Crippen MR) is 166 cm³/mol. The number of carbonyl (C=O) groups excluding carboxylic acids is 2. The highest BCUT2D eigenvalue weighted by Gasteiger charge is 2.62. The molecule has 2 N–H and O–H groups in total. The van der Waals surface area contributed by atoms with Crippen LogP contribution in [0.15, 0.2) is 30.3 Å². The monoisotopic (exact) mass is 606 g/mol. The lowest BCUT2D eigenvalue weighted by molar-refractivity contribution is -0.139. The van der Waals surface area contributed by atoms with Gasteiger partial charge >= 0.3 is 12.1 Å². The molecule has 0 bridgehead atoms. The number of hydrogen-bond donors (Lipinski definition) is 2. The smallest absolute Gasteiger partial charge is 0.412 e. The van der Waals surface area contributed by atoms with Crippen molar-refractivity contribution >= 4 is 38.0 Å². The van der Waals surface area contributed by atoms with E-state index in [1.54, 1.807) is 4.90 Å². The first-order chi connectivity index (χ1) is 18.7. The zero-order valence-electron chi connectivity index (χ0n) is 26.6. The third kappa shape index (κ3) is 7.49. The van der Waals surface area contributed by atoms with E-state index in [4.69, 9.17) is 9.16 Å². The Bertz CT molecular complexity index is 1110. The summed E-state index contributed by atoms with van der Waals surface area (Å²) in [6.07, 6.45) is -0.453. The van der Waals surface area contributed by atoms with Crippen LogP contribution in [0.3, 0.4) is 0 Å². The Morgan fingerprint density at radius 1 is 1.12 bits per heavy atom. The van der Waals surface area contributed by atoms with Gasteiger partial charge in [-0.25, -0.2) is 4.79 Å². The molecule has 3 rings (SSSR count). The molecule has 1 aliphatic carbocycles. The SMILES string of the molecule is CC[C@H](NC(=O)[C@@H]1CSC(C)(C)N1C(=O)OC(C)(C)C)[C@@H](O[Si](C)(C)C(C)(C)C)[C@@H]1[C@H](C(=O)O)[C@@H]1c1ccccc1. The minimum Gasteiger partial charge on any atom is -0.481 e. The number of carboxylic acids is 1. The molecule has 0 aromatic heterocycles. The number of amides is 2. The fraction of sp³-hybridized carbons (Fsp3) is 0.710. The summed E-state index contributed by atoms with van der Waals surface area (Å²) >= 11 is 1.54. The van der Waals surface area contributed by atoms with Crippen molar-refractivity contribution < 1.29 is 28.7 Å². The van der Waals surface area contributed by atoms with Crippen LogP contribution < -0.4 is 5.32 Å². The Labute approximate surface area is 251 Å². The number of rotatable bonds is 9. The van der Waals surface area contributed by atoms with Crippen molar-refractivity contribution in [1.29, 1.82) is 0 Å². The van der Waals surface area contributed by atoms with Crippen LogP contribution in [-0.4, -0.2) is 70.7 Å². The van der Waals surface area contributed by atoms with Crippen LogP contribution in [0.1, 0.15) is 80.2 Å². The number of carbonyl (C=O) groups is 3. The molecule has 1 saturated carbocycles. The van der Waals surface area contributed by atoms with Crippen molar-refractivity contribution in [2.45, 2.75) is 121 Å². The number of thioether (sulfide) groups is 1. The summed E-state index contributed by atoms with van der Waals surface area (Å²) in [7, 11) is -2.36. The van der Waals surface area contributed by atoms with Crippen LogP contribution in [0.5, 0.6) is 0 Å². The molecule has 1 saturated heterocycles. The van der Waals surface area contributed by atoms with Gasteiger partial charge < -0.3 is 19.6 Å². The first-order valence-corrected chi connectivity index (χ1v) is 18.5. The van der Waals surface area contributed by atoms with E-state index in [1.165, 1.54) is 11.8 Å². The first kappa shape index (κ1) is 33.5. The largest absolute Gasteiger partial charge is 0.481 e. The molecule has 1 aromatic carbocycles. The molecule has 1 heterocycles. The summed E-state index contributed by atoms with van der Waals surface area (Å²) in [6, 6.07) is 8.58. The Morgan fingerprint density at radius 2 is 1.71 bits per heavy atom. The molecule has 6 atom stereocenters. The highest BCUT2D eigenvalue weighted by atomic mass is 32.2. The molecule has 10 heteroatoms. The van der Waals surface area contributed by atoms with Crippen molar-refractivity contribution in [2.75, 3.05) is 5.75 Å². The number of hydrogen-bond acceptors (Lipinski definition) is 6. The lowest BCUT2D eigenvalue weighted by Crippen LogP contribution is -2.58. The molecule has 230 valence electrons. The molecule has 0 radical (unpaired) electrons. The summed E-state index contributed by atoms with van der Waals surface area (Å²) in [5.74, 6) is -1.76. The van der Waals surface area contributed by atoms with Crippen LogP contribution in [0.2, 0.25) is 18.1 Å². The topological polar surface area (TPSA) is 105 Å². The highest BCUT2D eigenvalue weighted by Crippen LogP contribution is 2.58. The van der Waals surface area contributed by atoms with E-state index >= 15 is 0 Å². The van der Waals surface area contributed by atoms with Gasteiger partial charge in [-0.1, -0.05) is 58.0 Å². The van der Waals surface area contributed by atoms with E-state index in [9.17, 15) is 19.5 Å². The van der Waals surface area contributed by atoms with Crippen LogP contribution in [0.4, 0.5) is 4.79 Å². The van der Waals surface area contributed by atoms with Gasteiger partial charge in [-0.05, 0) is 64.7 Å². The third-order valence-corrected chi connectivity index (χ3v) is 14.6. The quantitative estimate of drug-likeness (QED) is 0.310. The zero-order valence-corrected chi connectivity index (χ0v) is 28.4. The summed E-state index contributed by atoms with van der Waals surface area (Å²) < 4.78 is 12.7.